The van der Waals surface area contributed by atoms with Gasteiger partial charge < -0.3 is 15.5 Å². The highest BCUT2D eigenvalue weighted by Crippen LogP contribution is 2.14. The zero-order valence-electron chi connectivity index (χ0n) is 15.9. The molecule has 0 atom stereocenters. The Labute approximate surface area is 187 Å². The Morgan fingerprint density at radius 3 is 2.46 bits per heavy atom. The highest BCUT2D eigenvalue weighted by atomic mass is 127. The van der Waals surface area contributed by atoms with Crippen molar-refractivity contribution in [3.05, 3.63) is 70.5 Å². The molecule has 0 heterocycles. The van der Waals surface area contributed by atoms with Gasteiger partial charge in [0.15, 0.2) is 5.96 Å². The fourth-order valence-electron chi connectivity index (χ4n) is 2.48. The van der Waals surface area contributed by atoms with Gasteiger partial charge in [0.25, 0.3) is 5.91 Å². The molecule has 152 valence electrons. The summed E-state index contributed by atoms with van der Waals surface area (Å²) in [6.07, 6.45) is 0. The average molecular weight is 519 g/mol. The van der Waals surface area contributed by atoms with Crippen molar-refractivity contribution in [3.8, 4) is 0 Å². The largest absolute Gasteiger partial charge is 0.357 e. The van der Waals surface area contributed by atoms with E-state index in [1.807, 2.05) is 18.9 Å². The predicted octanol–water partition coefficient (Wildman–Crippen LogP) is 3.92. The molecule has 2 aromatic rings. The normalized spacial score (nSPS) is 10.8. The van der Waals surface area contributed by atoms with Crippen LogP contribution in [-0.2, 0) is 6.54 Å². The van der Waals surface area contributed by atoms with Crippen LogP contribution in [0.2, 0.25) is 5.02 Å². The lowest BCUT2D eigenvalue weighted by Crippen LogP contribution is -2.39. The van der Waals surface area contributed by atoms with E-state index in [-0.39, 0.29) is 35.7 Å². The number of nitrogens with one attached hydrogen (secondary N) is 2. The van der Waals surface area contributed by atoms with Gasteiger partial charge in [-0.2, -0.15) is 0 Å². The molecule has 0 fully saturated rings. The van der Waals surface area contributed by atoms with Crippen LogP contribution >= 0.6 is 35.6 Å². The Balaban J connectivity index is 0.00000392. The van der Waals surface area contributed by atoms with Gasteiger partial charge >= 0.3 is 0 Å². The Morgan fingerprint density at radius 1 is 1.14 bits per heavy atom. The van der Waals surface area contributed by atoms with Crippen molar-refractivity contribution in [1.29, 1.82) is 0 Å². The molecule has 8 heteroatoms. The van der Waals surface area contributed by atoms with E-state index in [0.717, 1.165) is 12.1 Å². The molecule has 2 aromatic carbocycles. The van der Waals surface area contributed by atoms with E-state index >= 15 is 0 Å². The van der Waals surface area contributed by atoms with Gasteiger partial charge in [-0.1, -0.05) is 35.9 Å². The Hall–Kier alpha value is -1.87. The predicted molar refractivity (Wildman–Crippen MR) is 123 cm³/mol. The first-order valence-electron chi connectivity index (χ1n) is 8.78. The molecular weight excluding hydrogens is 494 g/mol. The number of carbonyl (C=O) groups excluding carboxylic acids is 1. The number of hydrogen-bond acceptors (Lipinski definition) is 2. The van der Waals surface area contributed by atoms with Gasteiger partial charge in [0.1, 0.15) is 5.82 Å². The highest BCUT2D eigenvalue weighted by Gasteiger charge is 2.09. The fraction of sp³-hybridized carbons (Fsp3) is 0.300. The number of carbonyl (C=O) groups is 1. The number of guanidine groups is 1. The van der Waals surface area contributed by atoms with Crippen molar-refractivity contribution in [2.75, 3.05) is 26.7 Å². The summed E-state index contributed by atoms with van der Waals surface area (Å²) >= 11 is 6.02. The van der Waals surface area contributed by atoms with Gasteiger partial charge in [0.2, 0.25) is 0 Å². The van der Waals surface area contributed by atoms with Crippen LogP contribution in [0.3, 0.4) is 0 Å². The standard InChI is InChI=1S/C20H24ClFN4O.HI/c1-3-23-20(26(2)14-15-8-10-16(22)11-9-15)25-13-12-24-19(27)17-6-4-5-7-18(17)21;/h4-11H,3,12-14H2,1-2H3,(H,23,25)(H,24,27);1H. The third kappa shape index (κ3) is 7.63. The molecular formula is C20H25ClFIN4O. The Bertz CT molecular complexity index is 786. The van der Waals surface area contributed by atoms with Crippen LogP contribution < -0.4 is 10.6 Å². The summed E-state index contributed by atoms with van der Waals surface area (Å²) in [5.41, 5.74) is 1.43. The lowest BCUT2D eigenvalue weighted by atomic mass is 10.2. The lowest BCUT2D eigenvalue weighted by molar-refractivity contribution is 0.0955. The van der Waals surface area contributed by atoms with E-state index < -0.39 is 0 Å². The molecule has 0 saturated heterocycles. The molecule has 0 bridgehead atoms. The van der Waals surface area contributed by atoms with Gasteiger partial charge in [-0.3, -0.25) is 9.79 Å². The second kappa shape index (κ2) is 12.6. The molecule has 5 nitrogen and oxygen atoms in total. The number of rotatable bonds is 7. The monoisotopic (exact) mass is 518 g/mol. The number of hydrogen-bond donors (Lipinski definition) is 2. The van der Waals surface area contributed by atoms with Crippen molar-refractivity contribution in [2.24, 2.45) is 4.99 Å². The zero-order chi connectivity index (χ0) is 19.6. The van der Waals surface area contributed by atoms with Crippen molar-refractivity contribution >= 4 is 47.4 Å². The molecule has 0 saturated carbocycles. The third-order valence-corrected chi connectivity index (χ3v) is 4.14. The van der Waals surface area contributed by atoms with E-state index in [4.69, 9.17) is 11.6 Å². The van der Waals surface area contributed by atoms with Crippen molar-refractivity contribution in [1.82, 2.24) is 15.5 Å². The first-order chi connectivity index (χ1) is 13.0. The average Bonchev–Trinajstić information content (AvgIpc) is 2.66. The minimum Gasteiger partial charge on any atom is -0.357 e. The Kier molecular flexibility index (Phi) is 10.8. The minimum atomic E-state index is -0.253. The van der Waals surface area contributed by atoms with Gasteiger partial charge in [-0.05, 0) is 36.8 Å². The summed E-state index contributed by atoms with van der Waals surface area (Å²) in [5, 5.41) is 6.45. The number of benzene rings is 2. The molecule has 0 aliphatic heterocycles. The molecule has 1 amide bonds. The quantitative estimate of drug-likeness (QED) is 0.253. The van der Waals surface area contributed by atoms with Crippen LogP contribution in [0.4, 0.5) is 4.39 Å². The third-order valence-electron chi connectivity index (χ3n) is 3.81. The summed E-state index contributed by atoms with van der Waals surface area (Å²) in [6.45, 7) is 4.12. The molecule has 0 aliphatic carbocycles. The maximum atomic E-state index is 13.0. The molecule has 0 radical (unpaired) electrons. The summed E-state index contributed by atoms with van der Waals surface area (Å²) in [5.74, 6) is 0.241. The second-order valence-electron chi connectivity index (χ2n) is 5.95. The molecule has 28 heavy (non-hydrogen) atoms. The molecule has 0 spiro atoms. The number of nitrogens with zero attached hydrogens (tertiary/aromatic N) is 2. The second-order valence-corrected chi connectivity index (χ2v) is 6.36. The van der Waals surface area contributed by atoms with E-state index in [1.54, 1.807) is 36.4 Å². The highest BCUT2D eigenvalue weighted by molar-refractivity contribution is 14.0. The Morgan fingerprint density at radius 2 is 1.82 bits per heavy atom. The van der Waals surface area contributed by atoms with Crippen LogP contribution in [-0.4, -0.2) is 43.4 Å². The number of halogens is 3. The van der Waals surface area contributed by atoms with Gasteiger partial charge in [-0.25, -0.2) is 4.39 Å². The maximum Gasteiger partial charge on any atom is 0.252 e. The summed E-state index contributed by atoms with van der Waals surface area (Å²) < 4.78 is 13.0. The molecule has 0 aliphatic rings. The topological polar surface area (TPSA) is 56.7 Å². The van der Waals surface area contributed by atoms with Gasteiger partial charge in [0.05, 0.1) is 17.1 Å². The van der Waals surface area contributed by atoms with Gasteiger partial charge in [-0.15, -0.1) is 24.0 Å². The minimum absolute atomic E-state index is 0. The maximum absolute atomic E-state index is 13.0. The number of aliphatic imine (C=N–C) groups is 1. The summed E-state index contributed by atoms with van der Waals surface area (Å²) in [7, 11) is 1.91. The van der Waals surface area contributed by atoms with Crippen LogP contribution in [0.1, 0.15) is 22.8 Å². The van der Waals surface area contributed by atoms with E-state index in [0.29, 0.717) is 36.2 Å². The van der Waals surface area contributed by atoms with E-state index in [2.05, 4.69) is 15.6 Å². The van der Waals surface area contributed by atoms with Crippen molar-refractivity contribution in [2.45, 2.75) is 13.5 Å². The SMILES string of the molecule is CCNC(=NCCNC(=O)c1ccccc1Cl)N(C)Cc1ccc(F)cc1.I. The van der Waals surface area contributed by atoms with Crippen LogP contribution in [0.5, 0.6) is 0 Å². The van der Waals surface area contributed by atoms with Crippen LogP contribution in [0.15, 0.2) is 53.5 Å². The fourth-order valence-corrected chi connectivity index (χ4v) is 2.70. The first kappa shape index (κ1) is 24.2. The molecule has 2 N–H and O–H groups in total. The van der Waals surface area contributed by atoms with Crippen LogP contribution in [0, 0.1) is 5.82 Å². The first-order valence-corrected chi connectivity index (χ1v) is 9.15. The lowest BCUT2D eigenvalue weighted by Gasteiger charge is -2.22. The number of amides is 1. The zero-order valence-corrected chi connectivity index (χ0v) is 19.0. The summed E-state index contributed by atoms with van der Waals surface area (Å²) in [6, 6.07) is 13.3. The summed E-state index contributed by atoms with van der Waals surface area (Å²) in [4.78, 5) is 18.6. The molecule has 2 rings (SSSR count). The van der Waals surface area contributed by atoms with Crippen molar-refractivity contribution in [3.63, 3.8) is 0 Å². The van der Waals surface area contributed by atoms with E-state index in [9.17, 15) is 9.18 Å². The molecule has 0 unspecified atom stereocenters. The van der Waals surface area contributed by atoms with Gasteiger partial charge in [0, 0.05) is 26.7 Å². The van der Waals surface area contributed by atoms with Crippen molar-refractivity contribution < 1.29 is 9.18 Å². The smallest absolute Gasteiger partial charge is 0.252 e. The van der Waals surface area contributed by atoms with E-state index in [1.165, 1.54) is 12.1 Å². The van der Waals surface area contributed by atoms with Crippen LogP contribution in [0.25, 0.3) is 0 Å². The molecule has 0 aromatic heterocycles.